The van der Waals surface area contributed by atoms with Crippen LogP contribution in [0.2, 0.25) is 0 Å². The van der Waals surface area contributed by atoms with Crippen molar-refractivity contribution in [2.24, 2.45) is 5.16 Å². The Kier molecular flexibility index (Phi) is 2.60. The molecule has 0 bridgehead atoms. The summed E-state index contributed by atoms with van der Waals surface area (Å²) in [5.74, 6) is 0. The normalized spacial score (nSPS) is 12.6. The van der Waals surface area contributed by atoms with Crippen molar-refractivity contribution >= 4 is 16.6 Å². The molecule has 5 heteroatoms. The van der Waals surface area contributed by atoms with Crippen LogP contribution < -0.4 is 0 Å². The smallest absolute Gasteiger partial charge is 0.319 e. The predicted molar refractivity (Wildman–Crippen MR) is 57.2 cm³/mol. The Labute approximate surface area is 90.6 Å². The zero-order chi connectivity index (χ0) is 11.7. The van der Waals surface area contributed by atoms with Gasteiger partial charge in [0, 0.05) is 17.1 Å². The summed E-state index contributed by atoms with van der Waals surface area (Å²) >= 11 is 0. The molecule has 0 radical (unpaired) electrons. The molecular weight excluding hydrogens is 214 g/mol. The van der Waals surface area contributed by atoms with Crippen molar-refractivity contribution in [3.8, 4) is 0 Å². The summed E-state index contributed by atoms with van der Waals surface area (Å²) in [6.07, 6.45) is 1.30. The summed E-state index contributed by atoms with van der Waals surface area (Å²) in [6.45, 7) is -1.04. The zero-order valence-electron chi connectivity index (χ0n) is 8.56. The van der Waals surface area contributed by atoms with Gasteiger partial charge in [-0.3, -0.25) is 4.57 Å². The summed E-state index contributed by atoms with van der Waals surface area (Å²) in [4.78, 5) is 0. The SMILES string of the molecule is C/C(=N/O)c1cn(C(F)F)c2ccccc12. The number of benzene rings is 1. The monoisotopic (exact) mass is 224 g/mol. The Morgan fingerprint density at radius 3 is 2.69 bits per heavy atom. The third-order valence-electron chi connectivity index (χ3n) is 2.49. The lowest BCUT2D eigenvalue weighted by Crippen LogP contribution is -1.96. The van der Waals surface area contributed by atoms with Crippen LogP contribution in [0.15, 0.2) is 35.6 Å². The first-order valence-electron chi connectivity index (χ1n) is 4.72. The lowest BCUT2D eigenvalue weighted by atomic mass is 10.1. The number of aromatic nitrogens is 1. The third-order valence-corrected chi connectivity index (χ3v) is 2.49. The van der Waals surface area contributed by atoms with Crippen LogP contribution in [0.3, 0.4) is 0 Å². The molecule has 0 amide bonds. The predicted octanol–water partition coefficient (Wildman–Crippen LogP) is 3.23. The third kappa shape index (κ3) is 1.54. The fourth-order valence-electron chi connectivity index (χ4n) is 1.71. The number of para-hydroxylation sites is 1. The van der Waals surface area contributed by atoms with Gasteiger partial charge in [-0.25, -0.2) is 0 Å². The van der Waals surface area contributed by atoms with E-state index in [9.17, 15) is 8.78 Å². The lowest BCUT2D eigenvalue weighted by Gasteiger charge is -2.01. The molecule has 0 spiro atoms. The van der Waals surface area contributed by atoms with Gasteiger partial charge >= 0.3 is 6.55 Å². The average molecular weight is 224 g/mol. The molecule has 3 nitrogen and oxygen atoms in total. The van der Waals surface area contributed by atoms with Crippen LogP contribution in [0.4, 0.5) is 8.78 Å². The van der Waals surface area contributed by atoms with E-state index in [4.69, 9.17) is 5.21 Å². The van der Waals surface area contributed by atoms with E-state index in [1.807, 2.05) is 0 Å². The van der Waals surface area contributed by atoms with Crippen LogP contribution in [-0.4, -0.2) is 15.5 Å². The molecule has 0 saturated carbocycles. The second kappa shape index (κ2) is 3.92. The highest BCUT2D eigenvalue weighted by molar-refractivity contribution is 6.09. The zero-order valence-corrected chi connectivity index (χ0v) is 8.56. The van der Waals surface area contributed by atoms with Gasteiger partial charge in [0.05, 0.1) is 11.2 Å². The summed E-state index contributed by atoms with van der Waals surface area (Å²) in [5.41, 5.74) is 1.25. The lowest BCUT2D eigenvalue weighted by molar-refractivity contribution is 0.0752. The number of fused-ring (bicyclic) bond motifs is 1. The molecule has 1 heterocycles. The van der Waals surface area contributed by atoms with Gasteiger partial charge in [0.15, 0.2) is 0 Å². The van der Waals surface area contributed by atoms with Crippen LogP contribution in [0.1, 0.15) is 19.0 Å². The maximum absolute atomic E-state index is 12.7. The highest BCUT2D eigenvalue weighted by Gasteiger charge is 2.15. The van der Waals surface area contributed by atoms with Gasteiger partial charge in [0.1, 0.15) is 0 Å². The summed E-state index contributed by atoms with van der Waals surface area (Å²) in [7, 11) is 0. The molecule has 0 aliphatic rings. The van der Waals surface area contributed by atoms with E-state index < -0.39 is 6.55 Å². The number of rotatable bonds is 2. The Morgan fingerprint density at radius 2 is 2.06 bits per heavy atom. The van der Waals surface area contributed by atoms with Crippen LogP contribution in [0.25, 0.3) is 10.9 Å². The molecule has 16 heavy (non-hydrogen) atoms. The second-order valence-corrected chi connectivity index (χ2v) is 3.43. The fraction of sp³-hybridized carbons (Fsp3) is 0.182. The second-order valence-electron chi connectivity index (χ2n) is 3.43. The minimum Gasteiger partial charge on any atom is -0.411 e. The van der Waals surface area contributed by atoms with Gasteiger partial charge in [-0.2, -0.15) is 8.78 Å². The Balaban J connectivity index is 2.77. The largest absolute Gasteiger partial charge is 0.411 e. The summed E-state index contributed by atoms with van der Waals surface area (Å²) in [6, 6.07) is 6.77. The van der Waals surface area contributed by atoms with Crippen LogP contribution in [0.5, 0.6) is 0 Å². The number of hydrogen-bond donors (Lipinski definition) is 1. The first-order chi connectivity index (χ1) is 7.65. The molecular formula is C11H10F2N2O. The van der Waals surface area contributed by atoms with Crippen molar-refractivity contribution in [2.45, 2.75) is 13.5 Å². The van der Waals surface area contributed by atoms with Crippen LogP contribution >= 0.6 is 0 Å². The molecule has 0 fully saturated rings. The molecule has 0 unspecified atom stereocenters. The van der Waals surface area contributed by atoms with Gasteiger partial charge in [0.2, 0.25) is 0 Å². The van der Waals surface area contributed by atoms with Crippen molar-refractivity contribution < 1.29 is 14.0 Å². The van der Waals surface area contributed by atoms with Gasteiger partial charge in [0.25, 0.3) is 0 Å². The molecule has 84 valence electrons. The Hall–Kier alpha value is -1.91. The highest BCUT2D eigenvalue weighted by atomic mass is 19.3. The molecule has 2 aromatic rings. The average Bonchev–Trinajstić information content (AvgIpc) is 2.67. The van der Waals surface area contributed by atoms with Crippen molar-refractivity contribution in [1.29, 1.82) is 0 Å². The molecule has 0 saturated heterocycles. The number of alkyl halides is 2. The number of hydrogen-bond acceptors (Lipinski definition) is 2. The van der Waals surface area contributed by atoms with E-state index in [0.29, 0.717) is 22.2 Å². The van der Waals surface area contributed by atoms with E-state index >= 15 is 0 Å². The molecule has 0 aliphatic heterocycles. The minimum absolute atomic E-state index is 0.315. The summed E-state index contributed by atoms with van der Waals surface area (Å²) < 4.78 is 26.3. The molecule has 1 aromatic carbocycles. The van der Waals surface area contributed by atoms with E-state index in [1.54, 1.807) is 31.2 Å². The number of halogens is 2. The molecule has 0 aliphatic carbocycles. The quantitative estimate of drug-likeness (QED) is 0.474. The fourth-order valence-corrected chi connectivity index (χ4v) is 1.71. The van der Waals surface area contributed by atoms with Gasteiger partial charge in [-0.05, 0) is 13.0 Å². The van der Waals surface area contributed by atoms with Crippen LogP contribution in [-0.2, 0) is 0 Å². The Bertz CT molecular complexity index is 546. The number of nitrogens with zero attached hydrogens (tertiary/aromatic N) is 2. The van der Waals surface area contributed by atoms with Crippen molar-refractivity contribution in [1.82, 2.24) is 4.57 Å². The molecule has 2 rings (SSSR count). The standard InChI is InChI=1S/C11H10F2N2O/c1-7(14-16)9-6-15(11(12)13)10-5-3-2-4-8(9)10/h2-6,11,16H,1H3/b14-7-. The van der Waals surface area contributed by atoms with Crippen molar-refractivity contribution in [3.05, 3.63) is 36.0 Å². The first-order valence-corrected chi connectivity index (χ1v) is 4.72. The molecule has 1 aromatic heterocycles. The van der Waals surface area contributed by atoms with Crippen molar-refractivity contribution in [2.75, 3.05) is 0 Å². The van der Waals surface area contributed by atoms with E-state index in [2.05, 4.69) is 5.16 Å². The van der Waals surface area contributed by atoms with E-state index in [0.717, 1.165) is 4.57 Å². The van der Waals surface area contributed by atoms with E-state index in [-0.39, 0.29) is 0 Å². The molecule has 0 atom stereocenters. The maximum atomic E-state index is 12.7. The van der Waals surface area contributed by atoms with Crippen molar-refractivity contribution in [3.63, 3.8) is 0 Å². The van der Waals surface area contributed by atoms with Gasteiger partial charge in [-0.1, -0.05) is 23.4 Å². The molecule has 1 N–H and O–H groups in total. The maximum Gasteiger partial charge on any atom is 0.319 e. The van der Waals surface area contributed by atoms with Gasteiger partial charge in [-0.15, -0.1) is 0 Å². The topological polar surface area (TPSA) is 37.5 Å². The summed E-state index contributed by atoms with van der Waals surface area (Å²) in [5, 5.41) is 12.4. The van der Waals surface area contributed by atoms with Crippen LogP contribution in [0, 0.1) is 0 Å². The first kappa shape index (κ1) is 10.6. The van der Waals surface area contributed by atoms with E-state index in [1.165, 1.54) is 6.20 Å². The minimum atomic E-state index is -2.61. The van der Waals surface area contributed by atoms with Gasteiger partial charge < -0.3 is 5.21 Å². The highest BCUT2D eigenvalue weighted by Crippen LogP contribution is 2.26. The Morgan fingerprint density at radius 1 is 1.38 bits per heavy atom. The number of oxime groups is 1.